The fourth-order valence-electron chi connectivity index (χ4n) is 3.16. The lowest BCUT2D eigenvalue weighted by atomic mass is 10.0. The summed E-state index contributed by atoms with van der Waals surface area (Å²) in [7, 11) is 0. The van der Waals surface area contributed by atoms with Crippen LogP contribution in [0.2, 0.25) is 0 Å². The smallest absolute Gasteiger partial charge is 0.338 e. The monoisotopic (exact) mass is 391 g/mol. The molecule has 0 saturated carbocycles. The number of benzene rings is 2. The molecule has 0 spiro atoms. The fourth-order valence-corrected chi connectivity index (χ4v) is 3.16. The van der Waals surface area contributed by atoms with Crippen LogP contribution in [0.5, 0.6) is 0 Å². The number of aromatic nitrogens is 3. The van der Waals surface area contributed by atoms with E-state index >= 15 is 0 Å². The van der Waals surface area contributed by atoms with Gasteiger partial charge in [-0.15, -0.1) is 0 Å². The number of imidazole rings is 1. The molecule has 0 aliphatic rings. The lowest BCUT2D eigenvalue weighted by molar-refractivity contribution is 0.0526. The molecule has 0 N–H and O–H groups in total. The number of ether oxygens (including phenoxy) is 1. The molecule has 0 radical (unpaired) electrons. The first kappa shape index (κ1) is 18.6. The Morgan fingerprint density at radius 1 is 1.21 bits per heavy atom. The maximum Gasteiger partial charge on any atom is 0.338 e. The molecule has 0 atom stereocenters. The number of halogens is 1. The zero-order valence-electron chi connectivity index (χ0n) is 15.9. The number of hydrogen-bond donors (Lipinski definition) is 0. The van der Waals surface area contributed by atoms with Gasteiger partial charge in [0, 0.05) is 11.3 Å². The second-order valence-corrected chi connectivity index (χ2v) is 6.39. The van der Waals surface area contributed by atoms with E-state index in [0.29, 0.717) is 29.2 Å². The van der Waals surface area contributed by atoms with Gasteiger partial charge in [-0.2, -0.15) is 0 Å². The number of aryl methyl sites for hydroxylation is 1. The van der Waals surface area contributed by atoms with Gasteiger partial charge in [0.2, 0.25) is 0 Å². The molecule has 0 amide bonds. The third-order valence-electron chi connectivity index (χ3n) is 4.51. The van der Waals surface area contributed by atoms with Gasteiger partial charge in [0.05, 0.1) is 36.0 Å². The molecule has 6 nitrogen and oxygen atoms in total. The van der Waals surface area contributed by atoms with Gasteiger partial charge in [0.15, 0.2) is 0 Å². The molecule has 7 heteroatoms. The maximum absolute atomic E-state index is 13.7. The van der Waals surface area contributed by atoms with Crippen molar-refractivity contribution in [1.82, 2.24) is 14.7 Å². The standard InChI is InChI=1S/C22H18FN3O3/c1-3-28-22(27)15-7-9-18(10-8-15)26-13-24-12-19(26)20-14(2)29-25-21(20)16-5-4-6-17(23)11-16/h4-13H,3H2,1-2H3. The minimum atomic E-state index is -0.367. The summed E-state index contributed by atoms with van der Waals surface area (Å²) in [5.41, 5.74) is 3.89. The molecule has 4 rings (SSSR count). The SMILES string of the molecule is CCOC(=O)c1ccc(-n2cncc2-c2c(-c3cccc(F)c3)noc2C)cc1. The maximum atomic E-state index is 13.7. The third kappa shape index (κ3) is 3.54. The molecule has 0 aliphatic heterocycles. The van der Waals surface area contributed by atoms with Crippen LogP contribution in [0.4, 0.5) is 4.39 Å². The second-order valence-electron chi connectivity index (χ2n) is 6.39. The number of carbonyl (C=O) groups is 1. The Hall–Kier alpha value is -3.74. The first-order valence-corrected chi connectivity index (χ1v) is 9.11. The van der Waals surface area contributed by atoms with E-state index in [0.717, 1.165) is 16.9 Å². The largest absolute Gasteiger partial charge is 0.462 e. The summed E-state index contributed by atoms with van der Waals surface area (Å²) in [5, 5.41) is 4.13. The van der Waals surface area contributed by atoms with Crippen molar-refractivity contribution in [1.29, 1.82) is 0 Å². The van der Waals surface area contributed by atoms with Crippen LogP contribution in [-0.4, -0.2) is 27.3 Å². The van der Waals surface area contributed by atoms with E-state index in [9.17, 15) is 9.18 Å². The van der Waals surface area contributed by atoms with Gasteiger partial charge in [0.1, 0.15) is 17.3 Å². The van der Waals surface area contributed by atoms with Crippen LogP contribution in [0.15, 0.2) is 65.6 Å². The molecular weight excluding hydrogens is 373 g/mol. The molecule has 0 unspecified atom stereocenters. The topological polar surface area (TPSA) is 70.2 Å². The Kier molecular flexibility index (Phi) is 4.95. The molecule has 29 heavy (non-hydrogen) atoms. The van der Waals surface area contributed by atoms with Gasteiger partial charge in [-0.25, -0.2) is 14.2 Å². The van der Waals surface area contributed by atoms with E-state index in [1.165, 1.54) is 12.1 Å². The van der Waals surface area contributed by atoms with Crippen LogP contribution in [0.3, 0.4) is 0 Å². The molecule has 4 aromatic rings. The first-order valence-electron chi connectivity index (χ1n) is 9.11. The molecule has 0 aliphatic carbocycles. The van der Waals surface area contributed by atoms with Crippen LogP contribution in [0, 0.1) is 12.7 Å². The van der Waals surface area contributed by atoms with Gasteiger partial charge in [-0.05, 0) is 50.2 Å². The Morgan fingerprint density at radius 2 is 2.00 bits per heavy atom. The summed E-state index contributed by atoms with van der Waals surface area (Å²) >= 11 is 0. The van der Waals surface area contributed by atoms with E-state index in [4.69, 9.17) is 9.26 Å². The van der Waals surface area contributed by atoms with Crippen LogP contribution in [0.25, 0.3) is 28.2 Å². The van der Waals surface area contributed by atoms with Gasteiger partial charge in [-0.1, -0.05) is 17.3 Å². The van der Waals surface area contributed by atoms with Crippen molar-refractivity contribution in [3.8, 4) is 28.2 Å². The second kappa shape index (κ2) is 7.71. The van der Waals surface area contributed by atoms with Gasteiger partial charge >= 0.3 is 5.97 Å². The minimum absolute atomic E-state index is 0.321. The zero-order valence-corrected chi connectivity index (χ0v) is 15.9. The zero-order chi connectivity index (χ0) is 20.4. The lowest BCUT2D eigenvalue weighted by Crippen LogP contribution is -2.05. The van der Waals surface area contributed by atoms with Crippen LogP contribution < -0.4 is 0 Å². The molecule has 2 aromatic heterocycles. The highest BCUT2D eigenvalue weighted by Gasteiger charge is 2.21. The predicted molar refractivity (Wildman–Crippen MR) is 105 cm³/mol. The van der Waals surface area contributed by atoms with E-state index in [1.54, 1.807) is 50.6 Å². The Labute approximate surface area is 166 Å². The highest BCUT2D eigenvalue weighted by atomic mass is 19.1. The number of hydrogen-bond acceptors (Lipinski definition) is 5. The molecule has 0 saturated heterocycles. The van der Waals surface area contributed by atoms with Gasteiger partial charge < -0.3 is 9.26 Å². The molecule has 2 aromatic carbocycles. The molecule has 146 valence electrons. The molecular formula is C22H18FN3O3. The average molecular weight is 391 g/mol. The van der Waals surface area contributed by atoms with Gasteiger partial charge in [0.25, 0.3) is 0 Å². The van der Waals surface area contributed by atoms with Gasteiger partial charge in [-0.3, -0.25) is 4.57 Å². The molecule has 0 fully saturated rings. The van der Waals surface area contributed by atoms with E-state index in [-0.39, 0.29) is 11.8 Å². The Bertz CT molecular complexity index is 1160. The van der Waals surface area contributed by atoms with Crippen molar-refractivity contribution >= 4 is 5.97 Å². The van der Waals surface area contributed by atoms with Crippen LogP contribution in [0.1, 0.15) is 23.0 Å². The summed E-state index contributed by atoms with van der Waals surface area (Å²) in [6.45, 7) is 3.88. The third-order valence-corrected chi connectivity index (χ3v) is 4.51. The summed E-state index contributed by atoms with van der Waals surface area (Å²) in [6.07, 6.45) is 3.36. The van der Waals surface area contributed by atoms with Crippen molar-refractivity contribution in [2.75, 3.05) is 6.61 Å². The fraction of sp³-hybridized carbons (Fsp3) is 0.136. The summed E-state index contributed by atoms with van der Waals surface area (Å²) in [5.74, 6) is -0.125. The molecule has 2 heterocycles. The Morgan fingerprint density at radius 3 is 2.72 bits per heavy atom. The first-order chi connectivity index (χ1) is 14.1. The predicted octanol–water partition coefficient (Wildman–Crippen LogP) is 4.82. The summed E-state index contributed by atoms with van der Waals surface area (Å²) in [4.78, 5) is 16.1. The van der Waals surface area contributed by atoms with E-state index in [2.05, 4.69) is 10.1 Å². The normalized spacial score (nSPS) is 10.9. The highest BCUT2D eigenvalue weighted by Crippen LogP contribution is 2.35. The summed E-state index contributed by atoms with van der Waals surface area (Å²) in [6, 6.07) is 13.2. The quantitative estimate of drug-likeness (QED) is 0.456. The number of nitrogens with zero attached hydrogens (tertiary/aromatic N) is 3. The average Bonchev–Trinajstić information content (AvgIpc) is 3.34. The number of carbonyl (C=O) groups excluding carboxylic acids is 1. The van der Waals surface area contributed by atoms with Crippen molar-refractivity contribution in [2.24, 2.45) is 0 Å². The Balaban J connectivity index is 1.76. The number of esters is 1. The van der Waals surface area contributed by atoms with Crippen molar-refractivity contribution in [2.45, 2.75) is 13.8 Å². The van der Waals surface area contributed by atoms with Crippen LogP contribution >= 0.6 is 0 Å². The van der Waals surface area contributed by atoms with Crippen molar-refractivity contribution in [3.05, 3.63) is 78.2 Å². The van der Waals surface area contributed by atoms with E-state index in [1.807, 2.05) is 16.7 Å². The number of rotatable bonds is 5. The summed E-state index contributed by atoms with van der Waals surface area (Å²) < 4.78 is 26.0. The van der Waals surface area contributed by atoms with Crippen molar-refractivity contribution in [3.63, 3.8) is 0 Å². The van der Waals surface area contributed by atoms with Crippen molar-refractivity contribution < 1.29 is 18.4 Å². The van der Waals surface area contributed by atoms with Crippen LogP contribution in [-0.2, 0) is 4.74 Å². The molecule has 0 bridgehead atoms. The lowest BCUT2D eigenvalue weighted by Gasteiger charge is -2.10. The minimum Gasteiger partial charge on any atom is -0.462 e. The van der Waals surface area contributed by atoms with E-state index < -0.39 is 0 Å². The highest BCUT2D eigenvalue weighted by molar-refractivity contribution is 5.89.